The third kappa shape index (κ3) is 3.11. The monoisotopic (exact) mass is 369 g/mol. The van der Waals surface area contributed by atoms with Gasteiger partial charge in [-0.25, -0.2) is 4.98 Å². The Morgan fingerprint density at radius 1 is 1.28 bits per heavy atom. The normalized spacial score (nSPS) is 17.2. The maximum atomic E-state index is 13.4. The molecule has 9 heteroatoms. The van der Waals surface area contributed by atoms with Gasteiger partial charge in [-0.15, -0.1) is 0 Å². The average Bonchev–Trinajstić information content (AvgIpc) is 3.13. The highest BCUT2D eigenvalue weighted by Crippen LogP contribution is 2.36. The van der Waals surface area contributed by atoms with Crippen molar-refractivity contribution < 1.29 is 22.7 Å². The van der Waals surface area contributed by atoms with E-state index in [2.05, 4.69) is 10.1 Å². The number of allylic oxidation sites excluding steroid dienone is 1. The molecule has 1 aliphatic heterocycles. The summed E-state index contributed by atoms with van der Waals surface area (Å²) >= 11 is 1.10. The van der Waals surface area contributed by atoms with Crippen LogP contribution in [0.2, 0.25) is 0 Å². The van der Waals surface area contributed by atoms with Crippen molar-refractivity contribution in [3.05, 3.63) is 35.6 Å². The molecule has 5 nitrogen and oxygen atoms in total. The molecular weight excluding hydrogens is 355 g/mol. The summed E-state index contributed by atoms with van der Waals surface area (Å²) in [6.07, 6.45) is -4.62. The Kier molecular flexibility index (Phi) is 4.51. The first kappa shape index (κ1) is 17.4. The molecule has 0 saturated carbocycles. The standard InChI is InChI=1S/C16H14F3N3O2S/c1-3-10(24-4-2)12-13(16(17,18)19)21-22(14(12)23)15-20-9-7-5-6-8-11(9)25-15/h5-8H,3-4H2,1-2H3/b12-10+. The summed E-state index contributed by atoms with van der Waals surface area (Å²) in [7, 11) is 0. The Hall–Kier alpha value is -2.42. The van der Waals surface area contributed by atoms with Crippen molar-refractivity contribution in [3.8, 4) is 0 Å². The van der Waals surface area contributed by atoms with E-state index in [0.717, 1.165) is 16.0 Å². The lowest BCUT2D eigenvalue weighted by molar-refractivity contribution is -0.114. The molecule has 0 radical (unpaired) electrons. The van der Waals surface area contributed by atoms with Crippen LogP contribution in [0.3, 0.4) is 0 Å². The van der Waals surface area contributed by atoms with E-state index < -0.39 is 23.4 Å². The fraction of sp³-hybridized carbons (Fsp3) is 0.312. The van der Waals surface area contributed by atoms with Crippen molar-refractivity contribution in [2.45, 2.75) is 26.4 Å². The number of ether oxygens (including phenoxy) is 1. The molecule has 1 aromatic carbocycles. The number of hydrazone groups is 1. The Morgan fingerprint density at radius 3 is 2.60 bits per heavy atom. The van der Waals surface area contributed by atoms with Crippen molar-refractivity contribution in [1.29, 1.82) is 0 Å². The SMILES string of the molecule is CCO/C(CC)=C1/C(=O)N(c2nc3ccccc3s2)N=C1C(F)(F)F. The Labute approximate surface area is 145 Å². The summed E-state index contributed by atoms with van der Waals surface area (Å²) in [6, 6.07) is 7.05. The molecular formula is C16H14F3N3O2S. The van der Waals surface area contributed by atoms with Gasteiger partial charge in [-0.2, -0.15) is 23.3 Å². The predicted octanol–water partition coefficient (Wildman–Crippen LogP) is 4.26. The van der Waals surface area contributed by atoms with Gasteiger partial charge in [0.1, 0.15) is 11.3 Å². The molecule has 0 saturated heterocycles. The molecule has 3 rings (SSSR count). The van der Waals surface area contributed by atoms with Crippen molar-refractivity contribution >= 4 is 38.3 Å². The van der Waals surface area contributed by atoms with Gasteiger partial charge in [-0.05, 0) is 19.1 Å². The highest BCUT2D eigenvalue weighted by atomic mass is 32.1. The quantitative estimate of drug-likeness (QED) is 0.598. The number of hydrogen-bond donors (Lipinski definition) is 0. The maximum Gasteiger partial charge on any atom is 0.436 e. The molecule has 0 unspecified atom stereocenters. The van der Waals surface area contributed by atoms with Crippen LogP contribution in [0.1, 0.15) is 20.3 Å². The predicted molar refractivity (Wildman–Crippen MR) is 89.5 cm³/mol. The number of nitrogens with zero attached hydrogens (tertiary/aromatic N) is 3. The molecule has 0 bridgehead atoms. The lowest BCUT2D eigenvalue weighted by atomic mass is 10.1. The van der Waals surface area contributed by atoms with E-state index in [-0.39, 0.29) is 23.9 Å². The second kappa shape index (κ2) is 6.47. The summed E-state index contributed by atoms with van der Waals surface area (Å²) in [5, 5.41) is 4.32. The molecule has 0 atom stereocenters. The van der Waals surface area contributed by atoms with Crippen LogP contribution in [0.4, 0.5) is 18.3 Å². The molecule has 0 fully saturated rings. The summed E-state index contributed by atoms with van der Waals surface area (Å²) in [6.45, 7) is 3.43. The third-order valence-electron chi connectivity index (χ3n) is 3.49. The minimum atomic E-state index is -4.77. The number of para-hydroxylation sites is 1. The molecule has 2 heterocycles. The van der Waals surface area contributed by atoms with E-state index in [9.17, 15) is 18.0 Å². The van der Waals surface area contributed by atoms with Crippen LogP contribution in [-0.4, -0.2) is 29.4 Å². The van der Waals surface area contributed by atoms with E-state index in [1.165, 1.54) is 0 Å². The molecule has 1 amide bonds. The number of carbonyl (C=O) groups is 1. The number of benzene rings is 1. The highest BCUT2D eigenvalue weighted by molar-refractivity contribution is 7.22. The van der Waals surface area contributed by atoms with Crippen LogP contribution in [-0.2, 0) is 9.53 Å². The van der Waals surface area contributed by atoms with Gasteiger partial charge >= 0.3 is 6.18 Å². The van der Waals surface area contributed by atoms with E-state index in [1.807, 2.05) is 0 Å². The number of fused-ring (bicyclic) bond motifs is 1. The number of amides is 1. The maximum absolute atomic E-state index is 13.4. The van der Waals surface area contributed by atoms with Gasteiger partial charge in [0.15, 0.2) is 5.71 Å². The van der Waals surface area contributed by atoms with Gasteiger partial charge in [0, 0.05) is 6.42 Å². The molecule has 25 heavy (non-hydrogen) atoms. The molecule has 0 spiro atoms. The van der Waals surface area contributed by atoms with E-state index in [4.69, 9.17) is 4.74 Å². The number of hydrogen-bond acceptors (Lipinski definition) is 5. The van der Waals surface area contributed by atoms with Crippen LogP contribution in [0.25, 0.3) is 10.2 Å². The average molecular weight is 369 g/mol. The number of thiazole rings is 1. The first-order chi connectivity index (χ1) is 11.9. The zero-order chi connectivity index (χ0) is 18.2. The molecule has 1 aromatic heterocycles. The minimum Gasteiger partial charge on any atom is -0.497 e. The zero-order valence-electron chi connectivity index (χ0n) is 13.4. The molecule has 1 aliphatic rings. The van der Waals surface area contributed by atoms with Gasteiger partial charge in [0.2, 0.25) is 5.13 Å². The number of rotatable bonds is 4. The minimum absolute atomic E-state index is 0.0211. The Bertz CT molecular complexity index is 853. The lowest BCUT2D eigenvalue weighted by Crippen LogP contribution is -2.27. The number of anilines is 1. The smallest absolute Gasteiger partial charge is 0.436 e. The fourth-order valence-corrected chi connectivity index (χ4v) is 3.37. The zero-order valence-corrected chi connectivity index (χ0v) is 14.2. The van der Waals surface area contributed by atoms with Crippen LogP contribution < -0.4 is 5.01 Å². The molecule has 0 N–H and O–H groups in total. The second-order valence-corrected chi connectivity index (χ2v) is 6.12. The first-order valence-corrected chi connectivity index (χ1v) is 8.40. The number of aromatic nitrogens is 1. The van der Waals surface area contributed by atoms with Crippen LogP contribution in [0.5, 0.6) is 0 Å². The molecule has 132 valence electrons. The van der Waals surface area contributed by atoms with Crippen molar-refractivity contribution in [2.75, 3.05) is 11.6 Å². The topological polar surface area (TPSA) is 54.8 Å². The van der Waals surface area contributed by atoms with E-state index in [1.54, 1.807) is 38.1 Å². The largest absolute Gasteiger partial charge is 0.497 e. The van der Waals surface area contributed by atoms with Gasteiger partial charge in [0.25, 0.3) is 5.91 Å². The first-order valence-electron chi connectivity index (χ1n) is 7.59. The summed E-state index contributed by atoms with van der Waals surface area (Å²) in [5.41, 5.74) is -1.20. The Balaban J connectivity index is 2.13. The number of carbonyl (C=O) groups excluding carboxylic acids is 1. The third-order valence-corrected chi connectivity index (χ3v) is 4.51. The summed E-state index contributed by atoms with van der Waals surface area (Å²) in [4.78, 5) is 16.9. The van der Waals surface area contributed by atoms with Gasteiger partial charge in [-0.1, -0.05) is 30.4 Å². The van der Waals surface area contributed by atoms with Crippen molar-refractivity contribution in [3.63, 3.8) is 0 Å². The molecule has 0 aliphatic carbocycles. The van der Waals surface area contributed by atoms with E-state index in [0.29, 0.717) is 10.5 Å². The summed E-state index contributed by atoms with van der Waals surface area (Å²) < 4.78 is 46.2. The van der Waals surface area contributed by atoms with E-state index >= 15 is 0 Å². The van der Waals surface area contributed by atoms with Gasteiger partial charge in [0.05, 0.1) is 16.8 Å². The van der Waals surface area contributed by atoms with Crippen LogP contribution in [0, 0.1) is 0 Å². The summed E-state index contributed by atoms with van der Waals surface area (Å²) in [5.74, 6) is -0.899. The van der Waals surface area contributed by atoms with Gasteiger partial charge < -0.3 is 4.74 Å². The van der Waals surface area contributed by atoms with Gasteiger partial charge in [-0.3, -0.25) is 4.79 Å². The lowest BCUT2D eigenvalue weighted by Gasteiger charge is -2.12. The van der Waals surface area contributed by atoms with Crippen molar-refractivity contribution in [1.82, 2.24) is 4.98 Å². The van der Waals surface area contributed by atoms with Crippen LogP contribution >= 0.6 is 11.3 Å². The highest BCUT2D eigenvalue weighted by Gasteiger charge is 2.49. The molecule has 2 aromatic rings. The number of alkyl halides is 3. The van der Waals surface area contributed by atoms with Crippen molar-refractivity contribution in [2.24, 2.45) is 5.10 Å². The fourth-order valence-electron chi connectivity index (χ4n) is 2.46. The second-order valence-electron chi connectivity index (χ2n) is 5.11. The number of halogens is 3. The van der Waals surface area contributed by atoms with Crippen LogP contribution in [0.15, 0.2) is 40.7 Å². The Morgan fingerprint density at radius 2 is 2.00 bits per heavy atom.